The molecular weight excluding hydrogens is 280 g/mol. The maximum absolute atomic E-state index is 12.8. The summed E-state index contributed by atoms with van der Waals surface area (Å²) in [4.78, 5) is 25.3. The molecule has 0 unspecified atom stereocenters. The van der Waals surface area contributed by atoms with Gasteiger partial charge in [-0.05, 0) is 6.92 Å². The predicted molar refractivity (Wildman–Crippen MR) is 80.5 cm³/mol. The van der Waals surface area contributed by atoms with Crippen molar-refractivity contribution in [2.75, 3.05) is 13.2 Å². The fraction of sp³-hybridized carbons (Fsp3) is 0.222. The number of hydrogen-bond donors (Lipinski definition) is 0. The van der Waals surface area contributed by atoms with Gasteiger partial charge in [0.05, 0.1) is 13.2 Å². The molecule has 1 saturated heterocycles. The van der Waals surface area contributed by atoms with Crippen molar-refractivity contribution in [2.45, 2.75) is 12.7 Å². The lowest BCUT2D eigenvalue weighted by Gasteiger charge is -2.25. The Morgan fingerprint density at radius 2 is 1.50 bits per heavy atom. The van der Waals surface area contributed by atoms with Gasteiger partial charge >= 0.3 is 0 Å². The molecule has 0 amide bonds. The van der Waals surface area contributed by atoms with Crippen LogP contribution < -0.4 is 0 Å². The van der Waals surface area contributed by atoms with Gasteiger partial charge in [0.15, 0.2) is 0 Å². The van der Waals surface area contributed by atoms with Gasteiger partial charge in [-0.2, -0.15) is 0 Å². The number of aryl methyl sites for hydroxylation is 1. The summed E-state index contributed by atoms with van der Waals surface area (Å²) in [6.07, 6.45) is 0. The Kier molecular flexibility index (Phi) is 3.88. The molecule has 4 heteroatoms. The van der Waals surface area contributed by atoms with Crippen LogP contribution in [0.3, 0.4) is 0 Å². The van der Waals surface area contributed by atoms with Crippen molar-refractivity contribution in [2.24, 2.45) is 0 Å². The number of ketones is 2. The van der Waals surface area contributed by atoms with Crippen LogP contribution in [0.5, 0.6) is 0 Å². The van der Waals surface area contributed by atoms with Crippen molar-refractivity contribution < 1.29 is 19.1 Å². The van der Waals surface area contributed by atoms with Crippen LogP contribution in [0.15, 0.2) is 54.6 Å². The third-order valence-electron chi connectivity index (χ3n) is 3.67. The van der Waals surface area contributed by atoms with Gasteiger partial charge in [0.25, 0.3) is 11.6 Å². The molecule has 2 aromatic carbocycles. The zero-order chi connectivity index (χ0) is 15.6. The second-order valence-electron chi connectivity index (χ2n) is 5.20. The van der Waals surface area contributed by atoms with E-state index in [1.807, 2.05) is 13.0 Å². The fourth-order valence-electron chi connectivity index (χ4n) is 2.48. The normalized spacial score (nSPS) is 16.4. The minimum atomic E-state index is -1.62. The quantitative estimate of drug-likeness (QED) is 0.643. The molecule has 0 saturated carbocycles. The van der Waals surface area contributed by atoms with Gasteiger partial charge in [-0.25, -0.2) is 0 Å². The van der Waals surface area contributed by atoms with E-state index in [0.717, 1.165) is 5.56 Å². The van der Waals surface area contributed by atoms with Crippen LogP contribution in [0.25, 0.3) is 0 Å². The Morgan fingerprint density at radius 1 is 0.909 bits per heavy atom. The van der Waals surface area contributed by atoms with Crippen LogP contribution in [-0.2, 0) is 20.1 Å². The van der Waals surface area contributed by atoms with Gasteiger partial charge in [0, 0.05) is 11.1 Å². The van der Waals surface area contributed by atoms with Crippen LogP contribution >= 0.6 is 0 Å². The summed E-state index contributed by atoms with van der Waals surface area (Å²) in [6.45, 7) is 2.48. The van der Waals surface area contributed by atoms with Crippen molar-refractivity contribution >= 4 is 11.6 Å². The van der Waals surface area contributed by atoms with E-state index in [2.05, 4.69) is 0 Å². The number of Topliss-reactive ketones (excluding diaryl/α,β-unsaturated/α-hetero) is 2. The molecule has 1 aliphatic rings. The largest absolute Gasteiger partial charge is 0.337 e. The molecule has 0 N–H and O–H groups in total. The smallest absolute Gasteiger partial charge is 0.267 e. The topological polar surface area (TPSA) is 52.6 Å². The first-order valence-corrected chi connectivity index (χ1v) is 7.13. The number of benzene rings is 2. The summed E-state index contributed by atoms with van der Waals surface area (Å²) in [5, 5.41) is 0. The third-order valence-corrected chi connectivity index (χ3v) is 3.67. The lowest BCUT2D eigenvalue weighted by molar-refractivity contribution is -0.179. The molecule has 1 heterocycles. The van der Waals surface area contributed by atoms with Gasteiger partial charge in [-0.1, -0.05) is 60.2 Å². The first kappa shape index (κ1) is 14.6. The summed E-state index contributed by atoms with van der Waals surface area (Å²) < 4.78 is 11.1. The number of rotatable bonds is 4. The zero-order valence-corrected chi connectivity index (χ0v) is 12.2. The molecule has 2 aromatic rings. The van der Waals surface area contributed by atoms with E-state index in [1.165, 1.54) is 0 Å². The number of carbonyl (C=O) groups excluding carboxylic acids is 2. The van der Waals surface area contributed by atoms with Gasteiger partial charge in [-0.3, -0.25) is 9.59 Å². The highest BCUT2D eigenvalue weighted by Gasteiger charge is 2.49. The van der Waals surface area contributed by atoms with E-state index >= 15 is 0 Å². The number of hydrogen-bond acceptors (Lipinski definition) is 4. The summed E-state index contributed by atoms with van der Waals surface area (Å²) in [6, 6.07) is 15.7. The summed E-state index contributed by atoms with van der Waals surface area (Å²) in [5.74, 6) is -2.92. The van der Waals surface area contributed by atoms with Gasteiger partial charge in [-0.15, -0.1) is 0 Å². The predicted octanol–water partition coefficient (Wildman–Crippen LogP) is 2.65. The minimum Gasteiger partial charge on any atom is -0.337 e. The van der Waals surface area contributed by atoms with E-state index in [-0.39, 0.29) is 13.2 Å². The molecule has 0 aliphatic carbocycles. The zero-order valence-electron chi connectivity index (χ0n) is 12.2. The van der Waals surface area contributed by atoms with Gasteiger partial charge in [0.2, 0.25) is 5.78 Å². The molecule has 0 aromatic heterocycles. The maximum atomic E-state index is 12.8. The average molecular weight is 296 g/mol. The molecule has 4 nitrogen and oxygen atoms in total. The first-order chi connectivity index (χ1) is 10.6. The van der Waals surface area contributed by atoms with Crippen LogP contribution in [0.2, 0.25) is 0 Å². The highest BCUT2D eigenvalue weighted by Crippen LogP contribution is 2.33. The monoisotopic (exact) mass is 296 g/mol. The van der Waals surface area contributed by atoms with Crippen LogP contribution in [0, 0.1) is 6.92 Å². The lowest BCUT2D eigenvalue weighted by atomic mass is 9.95. The van der Waals surface area contributed by atoms with Crippen LogP contribution in [0.1, 0.15) is 21.5 Å². The standard InChI is InChI=1S/C18H16O4/c1-13-7-9-14(10-8-13)16(19)17(20)18(21-11-12-22-18)15-5-3-2-4-6-15/h2-10H,11-12H2,1H3. The molecule has 0 spiro atoms. The molecule has 22 heavy (non-hydrogen) atoms. The fourth-order valence-corrected chi connectivity index (χ4v) is 2.48. The number of ether oxygens (including phenoxy) is 2. The van der Waals surface area contributed by atoms with Gasteiger partial charge < -0.3 is 9.47 Å². The highest BCUT2D eigenvalue weighted by atomic mass is 16.7. The third kappa shape index (κ3) is 2.47. The lowest BCUT2D eigenvalue weighted by Crippen LogP contribution is -2.41. The highest BCUT2D eigenvalue weighted by molar-refractivity contribution is 6.45. The van der Waals surface area contributed by atoms with Crippen molar-refractivity contribution in [3.8, 4) is 0 Å². The first-order valence-electron chi connectivity index (χ1n) is 7.13. The Balaban J connectivity index is 1.97. The molecule has 112 valence electrons. The molecular formula is C18H16O4. The van der Waals surface area contributed by atoms with E-state index in [9.17, 15) is 9.59 Å². The van der Waals surface area contributed by atoms with E-state index in [0.29, 0.717) is 11.1 Å². The van der Waals surface area contributed by atoms with Crippen molar-refractivity contribution in [1.82, 2.24) is 0 Å². The molecule has 0 bridgehead atoms. The molecule has 3 rings (SSSR count). The van der Waals surface area contributed by atoms with Crippen LogP contribution in [-0.4, -0.2) is 24.8 Å². The molecule has 0 atom stereocenters. The van der Waals surface area contributed by atoms with Crippen molar-refractivity contribution in [3.05, 3.63) is 71.3 Å². The minimum absolute atomic E-state index is 0.280. The SMILES string of the molecule is Cc1ccc(C(=O)C(=O)C2(c3ccccc3)OCCO2)cc1. The van der Waals surface area contributed by atoms with E-state index in [4.69, 9.17) is 9.47 Å². The Labute approximate surface area is 128 Å². The average Bonchev–Trinajstić information content (AvgIpc) is 3.06. The van der Waals surface area contributed by atoms with E-state index in [1.54, 1.807) is 48.5 Å². The molecule has 1 fully saturated rings. The van der Waals surface area contributed by atoms with Crippen LogP contribution in [0.4, 0.5) is 0 Å². The molecule has 0 radical (unpaired) electrons. The second kappa shape index (κ2) is 5.83. The Bertz CT molecular complexity index is 683. The Hall–Kier alpha value is -2.30. The Morgan fingerprint density at radius 3 is 2.09 bits per heavy atom. The van der Waals surface area contributed by atoms with E-state index < -0.39 is 17.4 Å². The second-order valence-corrected chi connectivity index (χ2v) is 5.20. The van der Waals surface area contributed by atoms with Crippen molar-refractivity contribution in [1.29, 1.82) is 0 Å². The van der Waals surface area contributed by atoms with Crippen molar-refractivity contribution in [3.63, 3.8) is 0 Å². The molecule has 1 aliphatic heterocycles. The number of carbonyl (C=O) groups is 2. The summed E-state index contributed by atoms with van der Waals surface area (Å²) in [5.41, 5.74) is 1.90. The summed E-state index contributed by atoms with van der Waals surface area (Å²) >= 11 is 0. The maximum Gasteiger partial charge on any atom is 0.267 e. The van der Waals surface area contributed by atoms with Gasteiger partial charge in [0.1, 0.15) is 0 Å². The summed E-state index contributed by atoms with van der Waals surface area (Å²) in [7, 11) is 0.